The first kappa shape index (κ1) is 23.0. The van der Waals surface area contributed by atoms with Crippen molar-refractivity contribution in [3.8, 4) is 11.8 Å². The minimum absolute atomic E-state index is 0.246. The quantitative estimate of drug-likeness (QED) is 0.324. The zero-order valence-electron chi connectivity index (χ0n) is 18.7. The molecule has 0 N–H and O–H groups in total. The summed E-state index contributed by atoms with van der Waals surface area (Å²) in [6.07, 6.45) is 2.37. The Hall–Kier alpha value is -2.75. The molecule has 0 aliphatic carbocycles. The van der Waals surface area contributed by atoms with Gasteiger partial charge in [0.05, 0.1) is 11.4 Å². The number of benzene rings is 2. The normalized spacial score (nSPS) is 20.7. The number of aryl methyl sites for hydroxylation is 1. The average molecular weight is 508 g/mol. The van der Waals surface area contributed by atoms with E-state index in [0.29, 0.717) is 16.4 Å². The van der Waals surface area contributed by atoms with Crippen LogP contribution in [0.5, 0.6) is 0 Å². The van der Waals surface area contributed by atoms with Gasteiger partial charge in [-0.2, -0.15) is 15.4 Å². The number of rotatable bonds is 4. The van der Waals surface area contributed by atoms with Crippen molar-refractivity contribution >= 4 is 52.9 Å². The van der Waals surface area contributed by atoms with Gasteiger partial charge in [-0.1, -0.05) is 48.4 Å². The highest BCUT2D eigenvalue weighted by atomic mass is 35.5. The maximum atomic E-state index is 10.1. The molecular weight excluding hydrogens is 485 g/mol. The number of fused-ring (bicyclic) bond motifs is 1. The molecule has 0 amide bonds. The molecule has 34 heavy (non-hydrogen) atoms. The van der Waals surface area contributed by atoms with E-state index in [9.17, 15) is 5.26 Å². The van der Waals surface area contributed by atoms with Crippen LogP contribution >= 0.6 is 18.0 Å². The van der Waals surface area contributed by atoms with Gasteiger partial charge in [-0.3, -0.25) is 0 Å². The van der Waals surface area contributed by atoms with Crippen LogP contribution in [0.15, 0.2) is 65.2 Å². The lowest BCUT2D eigenvalue weighted by Crippen LogP contribution is -2.35. The number of hydrogen-bond donors (Lipinski definition) is 0. The lowest BCUT2D eigenvalue weighted by Gasteiger charge is -2.38. The SMILES string of the molecule is Cc1nn(-c2ccccc2)c2c1P(=S)(N1CCCCC1)OC(/C(C#N)=C\c1ccc(Cl)cc1)=N2. The van der Waals surface area contributed by atoms with Crippen molar-refractivity contribution in [3.63, 3.8) is 0 Å². The first-order chi connectivity index (χ1) is 16.5. The summed E-state index contributed by atoms with van der Waals surface area (Å²) >= 11 is 12.4. The molecule has 1 unspecified atom stereocenters. The van der Waals surface area contributed by atoms with Crippen LogP contribution in [-0.4, -0.2) is 33.4 Å². The van der Waals surface area contributed by atoms with Crippen LogP contribution in [0.25, 0.3) is 11.8 Å². The first-order valence-corrected chi connectivity index (χ1v) is 14.2. The molecule has 0 bridgehead atoms. The zero-order valence-corrected chi connectivity index (χ0v) is 21.2. The van der Waals surface area contributed by atoms with Gasteiger partial charge in [0.1, 0.15) is 16.9 Å². The molecular formula is C25H23ClN5OPS. The summed E-state index contributed by atoms with van der Waals surface area (Å²) in [5, 5.41) is 16.4. The third kappa shape index (κ3) is 4.23. The van der Waals surface area contributed by atoms with E-state index in [-0.39, 0.29) is 5.90 Å². The van der Waals surface area contributed by atoms with Crippen molar-refractivity contribution in [2.75, 3.05) is 13.1 Å². The second-order valence-corrected chi connectivity index (χ2v) is 12.4. The van der Waals surface area contributed by atoms with Crippen LogP contribution in [0, 0.1) is 18.3 Å². The smallest absolute Gasteiger partial charge is 0.238 e. The van der Waals surface area contributed by atoms with Crippen molar-refractivity contribution in [1.82, 2.24) is 14.5 Å². The largest absolute Gasteiger partial charge is 0.430 e. The molecule has 9 heteroatoms. The van der Waals surface area contributed by atoms with E-state index < -0.39 is 6.42 Å². The maximum Gasteiger partial charge on any atom is 0.238 e. The van der Waals surface area contributed by atoms with E-state index in [4.69, 9.17) is 38.0 Å². The molecule has 172 valence electrons. The molecule has 2 aliphatic heterocycles. The van der Waals surface area contributed by atoms with Crippen molar-refractivity contribution in [1.29, 1.82) is 5.26 Å². The van der Waals surface area contributed by atoms with Crippen LogP contribution in [0.3, 0.4) is 0 Å². The molecule has 0 spiro atoms. The fourth-order valence-corrected chi connectivity index (χ4v) is 8.28. The fraction of sp³-hybridized carbons (Fsp3) is 0.240. The Morgan fingerprint density at radius 2 is 1.82 bits per heavy atom. The van der Waals surface area contributed by atoms with E-state index in [1.165, 1.54) is 6.42 Å². The van der Waals surface area contributed by atoms with Crippen LogP contribution < -0.4 is 5.30 Å². The highest BCUT2D eigenvalue weighted by molar-refractivity contribution is 8.15. The Labute approximate surface area is 209 Å². The van der Waals surface area contributed by atoms with Crippen molar-refractivity contribution in [2.24, 2.45) is 4.99 Å². The monoisotopic (exact) mass is 507 g/mol. The molecule has 5 rings (SSSR count). The molecule has 2 aromatic carbocycles. The summed E-state index contributed by atoms with van der Waals surface area (Å²) in [6.45, 7) is 3.69. The van der Waals surface area contributed by atoms with Crippen LogP contribution in [0.4, 0.5) is 5.82 Å². The molecule has 6 nitrogen and oxygen atoms in total. The number of piperidine rings is 1. The van der Waals surface area contributed by atoms with E-state index >= 15 is 0 Å². The third-order valence-corrected chi connectivity index (χ3v) is 10.3. The summed E-state index contributed by atoms with van der Waals surface area (Å²) in [5.74, 6) is 0.895. The number of halogens is 1. The molecule has 3 aromatic rings. The third-order valence-electron chi connectivity index (χ3n) is 5.94. The Kier molecular flexibility index (Phi) is 6.42. The molecule has 2 aliphatic rings. The molecule has 3 heterocycles. The van der Waals surface area contributed by atoms with Gasteiger partial charge in [0, 0.05) is 18.1 Å². The number of nitriles is 1. The Morgan fingerprint density at radius 1 is 1.12 bits per heavy atom. The van der Waals surface area contributed by atoms with Gasteiger partial charge in [0.15, 0.2) is 5.82 Å². The Morgan fingerprint density at radius 3 is 2.50 bits per heavy atom. The highest BCUT2D eigenvalue weighted by Gasteiger charge is 2.42. The van der Waals surface area contributed by atoms with E-state index in [2.05, 4.69) is 10.7 Å². The van der Waals surface area contributed by atoms with Crippen LogP contribution in [0.1, 0.15) is 30.5 Å². The van der Waals surface area contributed by atoms with Crippen molar-refractivity contribution in [2.45, 2.75) is 26.2 Å². The predicted molar refractivity (Wildman–Crippen MR) is 141 cm³/mol. The van der Waals surface area contributed by atoms with Gasteiger partial charge in [-0.15, -0.1) is 0 Å². The summed E-state index contributed by atoms with van der Waals surface area (Å²) in [7, 11) is 0. The van der Waals surface area contributed by atoms with Gasteiger partial charge in [0.2, 0.25) is 12.3 Å². The lowest BCUT2D eigenvalue weighted by atomic mass is 10.1. The van der Waals surface area contributed by atoms with Crippen LogP contribution in [-0.2, 0) is 16.3 Å². The standard InChI is InChI=1S/C25H23ClN5OPS/c1-18-23-24(31(29-18)22-8-4-2-5-9-22)28-25(32-33(23,34)30-14-6-3-7-15-30)20(17-27)16-19-10-12-21(26)13-11-19/h2,4-5,8-13,16H,3,6-7,14-15H2,1H3/b20-16-. The highest BCUT2D eigenvalue weighted by Crippen LogP contribution is 2.57. The number of aromatic nitrogens is 2. The van der Waals surface area contributed by atoms with Gasteiger partial charge in [-0.25, -0.2) is 9.35 Å². The molecule has 0 radical (unpaired) electrons. The maximum absolute atomic E-state index is 10.1. The zero-order chi connectivity index (χ0) is 23.7. The summed E-state index contributed by atoms with van der Waals surface area (Å²) in [5.41, 5.74) is 2.85. The second-order valence-electron chi connectivity index (χ2n) is 8.27. The van der Waals surface area contributed by atoms with Gasteiger partial charge in [0.25, 0.3) is 0 Å². The molecule has 1 fully saturated rings. The number of hydrogen-bond acceptors (Lipinski definition) is 5. The van der Waals surface area contributed by atoms with Crippen molar-refractivity contribution < 1.29 is 4.52 Å². The topological polar surface area (TPSA) is 66.4 Å². The molecule has 1 aromatic heterocycles. The number of nitrogens with zero attached hydrogens (tertiary/aromatic N) is 5. The Balaban J connectivity index is 1.69. The summed E-state index contributed by atoms with van der Waals surface area (Å²) in [6, 6.07) is 19.4. The van der Waals surface area contributed by atoms with Gasteiger partial charge >= 0.3 is 0 Å². The fourth-order valence-electron chi connectivity index (χ4n) is 4.28. The molecule has 1 saturated heterocycles. The minimum atomic E-state index is -2.71. The van der Waals surface area contributed by atoms with Crippen LogP contribution in [0.2, 0.25) is 5.02 Å². The minimum Gasteiger partial charge on any atom is -0.430 e. The molecule has 1 atom stereocenters. The van der Waals surface area contributed by atoms with Gasteiger partial charge in [-0.05, 0) is 67.5 Å². The number of para-hydroxylation sites is 1. The van der Waals surface area contributed by atoms with Crippen molar-refractivity contribution in [3.05, 3.63) is 76.5 Å². The molecule has 0 saturated carbocycles. The summed E-state index contributed by atoms with van der Waals surface area (Å²) < 4.78 is 10.6. The summed E-state index contributed by atoms with van der Waals surface area (Å²) in [4.78, 5) is 4.83. The number of aliphatic imine (C=N–C) groups is 1. The van der Waals surface area contributed by atoms with E-state index in [1.807, 2.05) is 54.1 Å². The Bertz CT molecular complexity index is 1370. The first-order valence-electron chi connectivity index (χ1n) is 11.2. The van der Waals surface area contributed by atoms with E-state index in [0.717, 1.165) is 48.2 Å². The van der Waals surface area contributed by atoms with E-state index in [1.54, 1.807) is 18.2 Å². The second kappa shape index (κ2) is 9.48. The lowest BCUT2D eigenvalue weighted by molar-refractivity contribution is 0.345. The predicted octanol–water partition coefficient (Wildman–Crippen LogP) is 5.92. The average Bonchev–Trinajstić information content (AvgIpc) is 3.21. The van der Waals surface area contributed by atoms with Gasteiger partial charge < -0.3 is 4.52 Å².